The predicted molar refractivity (Wildman–Crippen MR) is 68.7 cm³/mol. The highest BCUT2D eigenvalue weighted by molar-refractivity contribution is 6.35. The molecule has 0 fully saturated rings. The van der Waals surface area contributed by atoms with Crippen LogP contribution in [0.3, 0.4) is 0 Å². The van der Waals surface area contributed by atoms with Crippen LogP contribution in [0.5, 0.6) is 0 Å². The maximum Gasteiger partial charge on any atom is 0.102 e. The summed E-state index contributed by atoms with van der Waals surface area (Å²) in [6, 6.07) is 5.08. The molecule has 0 aliphatic rings. The number of nitrogens with two attached hydrogens (primary N) is 1. The summed E-state index contributed by atoms with van der Waals surface area (Å²) in [6.45, 7) is 3.77. The fourth-order valence-electron chi connectivity index (χ4n) is 1.64. The smallest absolute Gasteiger partial charge is 0.102 e. The minimum absolute atomic E-state index is 0.158. The third-order valence-corrected chi connectivity index (χ3v) is 3.04. The second-order valence-corrected chi connectivity index (χ2v) is 4.70. The third-order valence-electron chi connectivity index (χ3n) is 2.50. The molecule has 0 amide bonds. The van der Waals surface area contributed by atoms with E-state index in [0.717, 1.165) is 17.1 Å². The Hall–Kier alpha value is -1.10. The Morgan fingerprint density at radius 3 is 2.59 bits per heavy atom. The minimum atomic E-state index is -0.158. The van der Waals surface area contributed by atoms with Crippen LogP contribution in [-0.4, -0.2) is 15.0 Å². The van der Waals surface area contributed by atoms with Crippen molar-refractivity contribution in [1.82, 2.24) is 15.0 Å². The van der Waals surface area contributed by atoms with E-state index in [-0.39, 0.29) is 6.04 Å². The topological polar surface area (TPSA) is 56.7 Å². The van der Waals surface area contributed by atoms with Crippen molar-refractivity contribution >= 4 is 23.2 Å². The average molecular weight is 271 g/mol. The van der Waals surface area contributed by atoms with E-state index in [2.05, 4.69) is 10.3 Å². The van der Waals surface area contributed by atoms with Gasteiger partial charge in [0.15, 0.2) is 0 Å². The molecule has 0 aliphatic carbocycles. The van der Waals surface area contributed by atoms with Gasteiger partial charge in [-0.2, -0.15) is 0 Å². The summed E-state index contributed by atoms with van der Waals surface area (Å²) >= 11 is 12.0. The molecule has 2 aromatic rings. The van der Waals surface area contributed by atoms with Gasteiger partial charge in [0.1, 0.15) is 5.69 Å². The lowest BCUT2D eigenvalue weighted by atomic mass is 10.2. The van der Waals surface area contributed by atoms with Crippen molar-refractivity contribution in [2.24, 2.45) is 5.73 Å². The first-order chi connectivity index (χ1) is 8.00. The van der Waals surface area contributed by atoms with Gasteiger partial charge < -0.3 is 5.73 Å². The van der Waals surface area contributed by atoms with Crippen LogP contribution in [0, 0.1) is 6.92 Å². The number of nitrogens with zero attached hydrogens (tertiary/aromatic N) is 3. The molecule has 0 aliphatic heterocycles. The molecule has 4 nitrogen and oxygen atoms in total. The molecule has 0 saturated heterocycles. The Morgan fingerprint density at radius 1 is 1.35 bits per heavy atom. The van der Waals surface area contributed by atoms with E-state index in [0.29, 0.717) is 10.0 Å². The molecule has 0 spiro atoms. The lowest BCUT2D eigenvalue weighted by Gasteiger charge is -2.07. The maximum atomic E-state index is 6.12. The molecule has 0 saturated carbocycles. The van der Waals surface area contributed by atoms with Crippen LogP contribution < -0.4 is 5.73 Å². The number of aromatic nitrogens is 3. The lowest BCUT2D eigenvalue weighted by Crippen LogP contribution is -2.08. The lowest BCUT2D eigenvalue weighted by molar-refractivity contribution is 0.756. The molecule has 1 aromatic carbocycles. The summed E-state index contributed by atoms with van der Waals surface area (Å²) in [5.74, 6) is 0. The second kappa shape index (κ2) is 4.64. The number of halogens is 2. The highest BCUT2D eigenvalue weighted by Crippen LogP contribution is 2.25. The number of hydrogen-bond donors (Lipinski definition) is 1. The largest absolute Gasteiger partial charge is 0.323 e. The van der Waals surface area contributed by atoms with E-state index in [4.69, 9.17) is 28.9 Å². The summed E-state index contributed by atoms with van der Waals surface area (Å²) in [5, 5.41) is 9.22. The monoisotopic (exact) mass is 270 g/mol. The summed E-state index contributed by atoms with van der Waals surface area (Å²) in [7, 11) is 0. The van der Waals surface area contributed by atoms with Crippen molar-refractivity contribution in [2.45, 2.75) is 19.9 Å². The van der Waals surface area contributed by atoms with Crippen LogP contribution in [0.15, 0.2) is 18.2 Å². The van der Waals surface area contributed by atoms with Gasteiger partial charge in [-0.3, -0.25) is 0 Å². The molecule has 1 atom stereocenters. The van der Waals surface area contributed by atoms with Crippen molar-refractivity contribution in [2.75, 3.05) is 0 Å². The van der Waals surface area contributed by atoms with Crippen LogP contribution in [0.25, 0.3) is 5.69 Å². The summed E-state index contributed by atoms with van der Waals surface area (Å²) in [5.41, 5.74) is 8.18. The highest BCUT2D eigenvalue weighted by Gasteiger charge is 2.14. The van der Waals surface area contributed by atoms with E-state index in [1.807, 2.05) is 13.8 Å². The molecular weight excluding hydrogens is 259 g/mol. The minimum Gasteiger partial charge on any atom is -0.323 e. The molecule has 0 bridgehead atoms. The quantitative estimate of drug-likeness (QED) is 0.913. The van der Waals surface area contributed by atoms with Gasteiger partial charge in [-0.25, -0.2) is 4.68 Å². The predicted octanol–water partition coefficient (Wildman–Crippen LogP) is 2.90. The van der Waals surface area contributed by atoms with Gasteiger partial charge in [-0.1, -0.05) is 28.4 Å². The van der Waals surface area contributed by atoms with E-state index in [1.54, 1.807) is 22.9 Å². The third kappa shape index (κ3) is 2.29. The van der Waals surface area contributed by atoms with Crippen LogP contribution in [0.2, 0.25) is 10.0 Å². The maximum absolute atomic E-state index is 6.12. The molecular formula is C11H12Cl2N4. The van der Waals surface area contributed by atoms with E-state index >= 15 is 0 Å². The summed E-state index contributed by atoms with van der Waals surface area (Å²) in [6.07, 6.45) is 0. The standard InChI is InChI=1S/C11H12Cl2N4/c1-6(14)11-7(2)17(16-15-11)10-4-3-8(12)5-9(10)13/h3-6H,14H2,1-2H3. The van der Waals surface area contributed by atoms with E-state index < -0.39 is 0 Å². The molecule has 1 unspecified atom stereocenters. The number of rotatable bonds is 2. The van der Waals surface area contributed by atoms with E-state index in [1.165, 1.54) is 0 Å². The van der Waals surface area contributed by atoms with Crippen molar-refractivity contribution in [3.63, 3.8) is 0 Å². The van der Waals surface area contributed by atoms with Crippen LogP contribution in [0.1, 0.15) is 24.4 Å². The molecule has 90 valence electrons. The zero-order valence-corrected chi connectivity index (χ0v) is 11.0. The first-order valence-corrected chi connectivity index (χ1v) is 5.89. The second-order valence-electron chi connectivity index (χ2n) is 3.86. The fourth-order valence-corrected chi connectivity index (χ4v) is 2.13. The number of hydrogen-bond acceptors (Lipinski definition) is 3. The van der Waals surface area contributed by atoms with Gasteiger partial charge in [0, 0.05) is 11.1 Å². The zero-order chi connectivity index (χ0) is 12.6. The van der Waals surface area contributed by atoms with Crippen molar-refractivity contribution in [3.05, 3.63) is 39.6 Å². The summed E-state index contributed by atoms with van der Waals surface area (Å²) < 4.78 is 1.66. The molecule has 1 heterocycles. The Balaban J connectivity index is 2.54. The van der Waals surface area contributed by atoms with Gasteiger partial charge in [-0.15, -0.1) is 5.10 Å². The van der Waals surface area contributed by atoms with Gasteiger partial charge in [0.05, 0.1) is 16.4 Å². The van der Waals surface area contributed by atoms with Crippen molar-refractivity contribution < 1.29 is 0 Å². The van der Waals surface area contributed by atoms with Gasteiger partial charge >= 0.3 is 0 Å². The van der Waals surface area contributed by atoms with E-state index in [9.17, 15) is 0 Å². The normalized spacial score (nSPS) is 12.8. The van der Waals surface area contributed by atoms with Crippen LogP contribution >= 0.6 is 23.2 Å². The van der Waals surface area contributed by atoms with Crippen LogP contribution in [0.4, 0.5) is 0 Å². The van der Waals surface area contributed by atoms with Gasteiger partial charge in [0.25, 0.3) is 0 Å². The van der Waals surface area contributed by atoms with Gasteiger partial charge in [0.2, 0.25) is 0 Å². The average Bonchev–Trinajstić information content (AvgIpc) is 2.60. The highest BCUT2D eigenvalue weighted by atomic mass is 35.5. The van der Waals surface area contributed by atoms with Crippen molar-refractivity contribution in [3.8, 4) is 5.69 Å². The molecule has 2 rings (SSSR count). The van der Waals surface area contributed by atoms with Crippen molar-refractivity contribution in [1.29, 1.82) is 0 Å². The molecule has 1 aromatic heterocycles. The Labute approximate surface area is 109 Å². The fraction of sp³-hybridized carbons (Fsp3) is 0.273. The van der Waals surface area contributed by atoms with Crippen LogP contribution in [-0.2, 0) is 0 Å². The SMILES string of the molecule is Cc1c(C(C)N)nnn1-c1ccc(Cl)cc1Cl. The Bertz CT molecular complexity index is 548. The molecule has 6 heteroatoms. The zero-order valence-electron chi connectivity index (χ0n) is 9.48. The summed E-state index contributed by atoms with van der Waals surface area (Å²) in [4.78, 5) is 0. The molecule has 0 radical (unpaired) electrons. The first-order valence-electron chi connectivity index (χ1n) is 5.14. The number of benzene rings is 1. The Kier molecular flexibility index (Phi) is 3.38. The molecule has 17 heavy (non-hydrogen) atoms. The first kappa shape index (κ1) is 12.4. The van der Waals surface area contributed by atoms with Gasteiger partial charge in [-0.05, 0) is 32.0 Å². The molecule has 2 N–H and O–H groups in total. The Morgan fingerprint density at radius 2 is 2.06 bits per heavy atom.